The van der Waals surface area contributed by atoms with Crippen molar-refractivity contribution < 1.29 is 4.39 Å². The minimum atomic E-state index is -0.961. The summed E-state index contributed by atoms with van der Waals surface area (Å²) in [4.78, 5) is 0. The van der Waals surface area contributed by atoms with Crippen LogP contribution < -0.4 is 5.32 Å². The lowest BCUT2D eigenvalue weighted by atomic mass is 9.91. The minimum absolute atomic E-state index is 0.494. The summed E-state index contributed by atoms with van der Waals surface area (Å²) in [7, 11) is 0. The third-order valence-corrected chi connectivity index (χ3v) is 1.76. The number of piperidine rings is 1. The lowest BCUT2D eigenvalue weighted by Gasteiger charge is -2.30. The summed E-state index contributed by atoms with van der Waals surface area (Å²) in [6.45, 7) is 5.23. The molecule has 0 saturated carbocycles. The van der Waals surface area contributed by atoms with Gasteiger partial charge in [0.2, 0.25) is 0 Å². The molecule has 0 aliphatic carbocycles. The van der Waals surface area contributed by atoms with Gasteiger partial charge in [0.25, 0.3) is 0 Å². The van der Waals surface area contributed by atoms with Crippen LogP contribution in [0, 0.1) is 5.92 Å². The van der Waals surface area contributed by atoms with E-state index >= 15 is 0 Å². The van der Waals surface area contributed by atoms with Crippen molar-refractivity contribution in [3.63, 3.8) is 0 Å². The standard InChI is InChI=1S/C7H14FN/c1-6-3-7(2,8)5-9-4-6/h6,9H,3-5H2,1-2H3/t6?,7-/m0/s1. The van der Waals surface area contributed by atoms with E-state index < -0.39 is 5.67 Å². The van der Waals surface area contributed by atoms with Crippen molar-refractivity contribution >= 4 is 0 Å². The summed E-state index contributed by atoms with van der Waals surface area (Å²) in [5.41, 5.74) is -0.961. The molecule has 2 heteroatoms. The predicted molar refractivity (Wildman–Crippen MR) is 36.2 cm³/mol. The Labute approximate surface area is 55.6 Å². The molecule has 0 aromatic carbocycles. The summed E-state index contributed by atoms with van der Waals surface area (Å²) in [6.07, 6.45) is 0.708. The minimum Gasteiger partial charge on any atom is -0.313 e. The average molecular weight is 131 g/mol. The Morgan fingerprint density at radius 2 is 2.33 bits per heavy atom. The first-order chi connectivity index (χ1) is 4.10. The van der Waals surface area contributed by atoms with Gasteiger partial charge in [-0.2, -0.15) is 0 Å². The third kappa shape index (κ3) is 1.94. The van der Waals surface area contributed by atoms with Crippen LogP contribution in [-0.4, -0.2) is 18.8 Å². The fraction of sp³-hybridized carbons (Fsp3) is 1.00. The second-order valence-corrected chi connectivity index (χ2v) is 3.35. The number of halogens is 1. The highest BCUT2D eigenvalue weighted by Crippen LogP contribution is 2.23. The molecule has 1 aliphatic rings. The van der Waals surface area contributed by atoms with Crippen LogP contribution >= 0.6 is 0 Å². The van der Waals surface area contributed by atoms with Gasteiger partial charge in [-0.3, -0.25) is 0 Å². The summed E-state index contributed by atoms with van der Waals surface area (Å²) in [5, 5.41) is 3.05. The maximum absolute atomic E-state index is 13.1. The molecule has 1 saturated heterocycles. The van der Waals surface area contributed by atoms with Crippen LogP contribution in [0.15, 0.2) is 0 Å². The van der Waals surface area contributed by atoms with E-state index in [1.54, 1.807) is 6.92 Å². The molecule has 1 rings (SSSR count). The van der Waals surface area contributed by atoms with Crippen molar-refractivity contribution in [2.24, 2.45) is 5.92 Å². The van der Waals surface area contributed by atoms with Crippen LogP contribution in [0.5, 0.6) is 0 Å². The molecular weight excluding hydrogens is 117 g/mol. The molecule has 0 spiro atoms. The number of nitrogens with one attached hydrogen (secondary N) is 1. The Kier molecular flexibility index (Phi) is 1.75. The van der Waals surface area contributed by atoms with Crippen molar-refractivity contribution in [3.05, 3.63) is 0 Å². The number of hydrogen-bond donors (Lipinski definition) is 1. The predicted octanol–water partition coefficient (Wildman–Crippen LogP) is 1.34. The van der Waals surface area contributed by atoms with Gasteiger partial charge in [0.15, 0.2) is 0 Å². The molecule has 1 N–H and O–H groups in total. The van der Waals surface area contributed by atoms with Crippen molar-refractivity contribution in [2.75, 3.05) is 13.1 Å². The molecule has 1 heterocycles. The first-order valence-corrected chi connectivity index (χ1v) is 3.50. The van der Waals surface area contributed by atoms with Gasteiger partial charge in [0.1, 0.15) is 5.67 Å². The Morgan fingerprint density at radius 1 is 1.67 bits per heavy atom. The Balaban J connectivity index is 2.41. The fourth-order valence-corrected chi connectivity index (χ4v) is 1.45. The average Bonchev–Trinajstić information content (AvgIpc) is 1.60. The summed E-state index contributed by atoms with van der Waals surface area (Å²) >= 11 is 0. The molecule has 0 radical (unpaired) electrons. The van der Waals surface area contributed by atoms with Crippen molar-refractivity contribution in [2.45, 2.75) is 25.9 Å². The molecule has 0 aromatic rings. The van der Waals surface area contributed by atoms with E-state index in [1.807, 2.05) is 0 Å². The van der Waals surface area contributed by atoms with Gasteiger partial charge in [-0.05, 0) is 25.8 Å². The molecule has 2 atom stereocenters. The lowest BCUT2D eigenvalue weighted by Crippen LogP contribution is -2.43. The molecule has 0 bridgehead atoms. The Morgan fingerprint density at radius 3 is 2.67 bits per heavy atom. The SMILES string of the molecule is CC1CNC[C@@](C)(F)C1. The summed E-state index contributed by atoms with van der Waals surface area (Å²) in [6, 6.07) is 0. The van der Waals surface area contributed by atoms with Crippen LogP contribution in [0.2, 0.25) is 0 Å². The molecule has 0 aromatic heterocycles. The van der Waals surface area contributed by atoms with E-state index in [1.165, 1.54) is 0 Å². The van der Waals surface area contributed by atoms with E-state index in [2.05, 4.69) is 12.2 Å². The molecule has 0 amide bonds. The number of alkyl halides is 1. The Bertz CT molecular complexity index is 101. The first kappa shape index (κ1) is 7.00. The molecule has 1 fully saturated rings. The maximum Gasteiger partial charge on any atom is 0.120 e. The zero-order valence-corrected chi connectivity index (χ0v) is 6.08. The lowest BCUT2D eigenvalue weighted by molar-refractivity contribution is 0.116. The highest BCUT2D eigenvalue weighted by Gasteiger charge is 2.29. The van der Waals surface area contributed by atoms with Crippen molar-refractivity contribution in [1.29, 1.82) is 0 Å². The fourth-order valence-electron chi connectivity index (χ4n) is 1.45. The van der Waals surface area contributed by atoms with Crippen molar-refractivity contribution in [3.8, 4) is 0 Å². The van der Waals surface area contributed by atoms with Crippen LogP contribution in [-0.2, 0) is 0 Å². The monoisotopic (exact) mass is 131 g/mol. The molecular formula is C7H14FN. The second kappa shape index (κ2) is 2.25. The van der Waals surface area contributed by atoms with Crippen molar-refractivity contribution in [1.82, 2.24) is 5.32 Å². The first-order valence-electron chi connectivity index (χ1n) is 3.50. The number of rotatable bonds is 0. The summed E-state index contributed by atoms with van der Waals surface area (Å²) in [5.74, 6) is 0.494. The maximum atomic E-state index is 13.1. The van der Waals surface area contributed by atoms with Crippen LogP contribution in [0.25, 0.3) is 0 Å². The van der Waals surface area contributed by atoms with E-state index in [9.17, 15) is 4.39 Å². The zero-order chi connectivity index (χ0) is 6.91. The van der Waals surface area contributed by atoms with Crippen LogP contribution in [0.4, 0.5) is 4.39 Å². The second-order valence-electron chi connectivity index (χ2n) is 3.35. The van der Waals surface area contributed by atoms with E-state index in [0.717, 1.165) is 6.54 Å². The smallest absolute Gasteiger partial charge is 0.120 e. The quantitative estimate of drug-likeness (QED) is 0.523. The molecule has 1 aliphatic heterocycles. The molecule has 1 nitrogen and oxygen atoms in total. The molecule has 1 unspecified atom stereocenters. The van der Waals surface area contributed by atoms with E-state index in [-0.39, 0.29) is 0 Å². The van der Waals surface area contributed by atoms with Gasteiger partial charge in [-0.1, -0.05) is 6.92 Å². The van der Waals surface area contributed by atoms with E-state index in [4.69, 9.17) is 0 Å². The zero-order valence-electron chi connectivity index (χ0n) is 6.08. The van der Waals surface area contributed by atoms with Crippen LogP contribution in [0.3, 0.4) is 0 Å². The molecule has 54 valence electrons. The largest absolute Gasteiger partial charge is 0.313 e. The van der Waals surface area contributed by atoms with Gasteiger partial charge in [0.05, 0.1) is 0 Å². The van der Waals surface area contributed by atoms with Gasteiger partial charge < -0.3 is 5.32 Å². The van der Waals surface area contributed by atoms with Gasteiger partial charge in [0, 0.05) is 6.54 Å². The third-order valence-electron chi connectivity index (χ3n) is 1.76. The van der Waals surface area contributed by atoms with Crippen LogP contribution in [0.1, 0.15) is 20.3 Å². The highest BCUT2D eigenvalue weighted by molar-refractivity contribution is 4.83. The topological polar surface area (TPSA) is 12.0 Å². The van der Waals surface area contributed by atoms with E-state index in [0.29, 0.717) is 18.9 Å². The van der Waals surface area contributed by atoms with Gasteiger partial charge in [-0.15, -0.1) is 0 Å². The van der Waals surface area contributed by atoms with Gasteiger partial charge >= 0.3 is 0 Å². The normalized spacial score (nSPS) is 45.0. The molecule has 9 heavy (non-hydrogen) atoms. The summed E-state index contributed by atoms with van der Waals surface area (Å²) < 4.78 is 13.1. The Hall–Kier alpha value is -0.110. The highest BCUT2D eigenvalue weighted by atomic mass is 19.1. The number of hydrogen-bond acceptors (Lipinski definition) is 1. The van der Waals surface area contributed by atoms with Gasteiger partial charge in [-0.25, -0.2) is 4.39 Å².